The maximum atomic E-state index is 13.3. The van der Waals surface area contributed by atoms with E-state index in [0.29, 0.717) is 37.1 Å². The Hall–Kier alpha value is -3.69. The average molecular weight is 561 g/mol. The lowest BCUT2D eigenvalue weighted by Gasteiger charge is -2.27. The molecule has 0 unspecified atom stereocenters. The van der Waals surface area contributed by atoms with Crippen LogP contribution in [0.3, 0.4) is 0 Å². The predicted octanol–water partition coefficient (Wildman–Crippen LogP) is 5.33. The molecule has 0 fully saturated rings. The van der Waals surface area contributed by atoms with E-state index in [9.17, 15) is 14.4 Å². The second kappa shape index (κ2) is 10.7. The van der Waals surface area contributed by atoms with E-state index in [0.717, 1.165) is 23.5 Å². The Bertz CT molecular complexity index is 1630. The van der Waals surface area contributed by atoms with E-state index >= 15 is 0 Å². The Morgan fingerprint density at radius 2 is 1.75 bits per heavy atom. The zero-order valence-electron chi connectivity index (χ0n) is 24.0. The summed E-state index contributed by atoms with van der Waals surface area (Å²) in [5, 5.41) is 0.579. The van der Waals surface area contributed by atoms with Crippen LogP contribution in [0.2, 0.25) is 0 Å². The number of carbonyl (C=O) groups excluding carboxylic acids is 2. The zero-order chi connectivity index (χ0) is 28.8. The van der Waals surface area contributed by atoms with E-state index in [2.05, 4.69) is 24.8 Å². The first-order valence-corrected chi connectivity index (χ1v) is 14.4. The SMILES string of the molecule is CCN1C(=O)C(C)(C)C(=O)N(C)c2cc(CN(CCn3ccc4occc4c3=O)Cc3cc(C)c(C)s3)ccc21. The molecule has 0 bridgehead atoms. The summed E-state index contributed by atoms with van der Waals surface area (Å²) in [5.74, 6) is -0.411. The summed E-state index contributed by atoms with van der Waals surface area (Å²) in [7, 11) is 1.74. The van der Waals surface area contributed by atoms with Crippen LogP contribution < -0.4 is 15.4 Å². The van der Waals surface area contributed by atoms with Crippen molar-refractivity contribution in [1.29, 1.82) is 0 Å². The molecule has 0 spiro atoms. The van der Waals surface area contributed by atoms with Gasteiger partial charge in [0.2, 0.25) is 11.8 Å². The van der Waals surface area contributed by atoms with Crippen molar-refractivity contribution in [1.82, 2.24) is 9.47 Å². The van der Waals surface area contributed by atoms with Crippen molar-refractivity contribution in [2.24, 2.45) is 5.41 Å². The quantitative estimate of drug-likeness (QED) is 0.272. The molecule has 8 nitrogen and oxygen atoms in total. The molecular formula is C31H36N4O4S. The molecule has 4 heterocycles. The van der Waals surface area contributed by atoms with Crippen LogP contribution in [0, 0.1) is 19.3 Å². The molecule has 0 N–H and O–H groups in total. The van der Waals surface area contributed by atoms with Crippen LogP contribution in [0.5, 0.6) is 0 Å². The van der Waals surface area contributed by atoms with E-state index in [1.54, 1.807) is 65.1 Å². The third-order valence-corrected chi connectivity index (χ3v) is 9.02. The Labute approximate surface area is 238 Å². The molecule has 40 heavy (non-hydrogen) atoms. The van der Waals surface area contributed by atoms with Gasteiger partial charge in [-0.15, -0.1) is 11.3 Å². The highest BCUT2D eigenvalue weighted by atomic mass is 32.1. The van der Waals surface area contributed by atoms with Crippen molar-refractivity contribution in [2.75, 3.05) is 29.9 Å². The Kier molecular flexibility index (Phi) is 7.46. The molecule has 9 heteroatoms. The maximum Gasteiger partial charge on any atom is 0.261 e. The minimum absolute atomic E-state index is 0.0638. The molecule has 5 rings (SSSR count). The van der Waals surface area contributed by atoms with Gasteiger partial charge in [-0.1, -0.05) is 6.07 Å². The fraction of sp³-hybridized carbons (Fsp3) is 0.387. The number of carbonyl (C=O) groups is 2. The van der Waals surface area contributed by atoms with E-state index in [1.165, 1.54) is 15.3 Å². The molecule has 0 aliphatic carbocycles. The van der Waals surface area contributed by atoms with Gasteiger partial charge in [-0.3, -0.25) is 19.3 Å². The predicted molar refractivity (Wildman–Crippen MR) is 160 cm³/mol. The molecule has 4 aromatic rings. The number of hydrogen-bond acceptors (Lipinski definition) is 6. The summed E-state index contributed by atoms with van der Waals surface area (Å²) in [4.78, 5) is 47.8. The first kappa shape index (κ1) is 27.9. The second-order valence-electron chi connectivity index (χ2n) is 11.0. The first-order valence-electron chi connectivity index (χ1n) is 13.6. The molecule has 0 saturated heterocycles. The minimum atomic E-state index is -1.14. The van der Waals surface area contributed by atoms with Crippen LogP contribution >= 0.6 is 11.3 Å². The third kappa shape index (κ3) is 4.99. The van der Waals surface area contributed by atoms with Gasteiger partial charge in [0, 0.05) is 55.7 Å². The molecular weight excluding hydrogens is 524 g/mol. The van der Waals surface area contributed by atoms with Crippen LogP contribution in [-0.2, 0) is 29.2 Å². The number of amides is 2. The minimum Gasteiger partial charge on any atom is -0.464 e. The third-order valence-electron chi connectivity index (χ3n) is 7.88. The first-order chi connectivity index (χ1) is 19.0. The standard InChI is InChI=1S/C31H36N4O4S/c1-7-35-25-9-8-22(17-26(25)32(6)29(37)31(4,5)30(35)38)18-33(19-23-16-20(2)21(3)40-23)13-14-34-12-10-27-24(28(34)36)11-15-39-27/h8-12,15-17H,7,13-14,18-19H2,1-6H3. The summed E-state index contributed by atoms with van der Waals surface area (Å²) >= 11 is 1.79. The highest BCUT2D eigenvalue weighted by Crippen LogP contribution is 2.39. The van der Waals surface area contributed by atoms with Gasteiger partial charge in [0.25, 0.3) is 5.56 Å². The van der Waals surface area contributed by atoms with Crippen LogP contribution in [0.4, 0.5) is 11.4 Å². The molecule has 3 aromatic heterocycles. The largest absolute Gasteiger partial charge is 0.464 e. The number of rotatable bonds is 8. The maximum absolute atomic E-state index is 13.3. The Morgan fingerprint density at radius 3 is 2.45 bits per heavy atom. The molecule has 1 aromatic carbocycles. The summed E-state index contributed by atoms with van der Waals surface area (Å²) in [6.07, 6.45) is 3.32. The molecule has 210 valence electrons. The topological polar surface area (TPSA) is 79.0 Å². The molecule has 0 radical (unpaired) electrons. The lowest BCUT2D eigenvalue weighted by atomic mass is 9.90. The highest BCUT2D eigenvalue weighted by molar-refractivity contribution is 7.12. The van der Waals surface area contributed by atoms with Crippen molar-refractivity contribution in [3.05, 3.63) is 80.1 Å². The van der Waals surface area contributed by atoms with Crippen molar-refractivity contribution in [2.45, 2.75) is 54.3 Å². The van der Waals surface area contributed by atoms with Crippen LogP contribution in [0.25, 0.3) is 11.0 Å². The van der Waals surface area contributed by atoms with Gasteiger partial charge in [0.15, 0.2) is 0 Å². The average Bonchev–Trinajstić information content (AvgIpc) is 3.53. The van der Waals surface area contributed by atoms with Gasteiger partial charge in [0.1, 0.15) is 11.0 Å². The Morgan fingerprint density at radius 1 is 0.975 bits per heavy atom. The van der Waals surface area contributed by atoms with E-state index in [1.807, 2.05) is 31.2 Å². The number of pyridine rings is 1. The molecule has 1 aliphatic heterocycles. The molecule has 0 atom stereocenters. The number of furan rings is 1. The van der Waals surface area contributed by atoms with Crippen LogP contribution in [0.1, 0.15) is 41.7 Å². The normalized spacial score (nSPS) is 15.3. The number of benzene rings is 1. The van der Waals surface area contributed by atoms with E-state index in [4.69, 9.17) is 4.42 Å². The van der Waals surface area contributed by atoms with Gasteiger partial charge >= 0.3 is 0 Å². The summed E-state index contributed by atoms with van der Waals surface area (Å²) in [6.45, 7) is 12.6. The van der Waals surface area contributed by atoms with E-state index in [-0.39, 0.29) is 17.4 Å². The van der Waals surface area contributed by atoms with E-state index < -0.39 is 5.41 Å². The highest BCUT2D eigenvalue weighted by Gasteiger charge is 2.45. The summed E-state index contributed by atoms with van der Waals surface area (Å²) in [5.41, 5.74) is 3.17. The number of aryl methyl sites for hydroxylation is 2. The summed E-state index contributed by atoms with van der Waals surface area (Å²) in [6, 6.07) is 11.8. The van der Waals surface area contributed by atoms with Crippen molar-refractivity contribution >= 4 is 45.5 Å². The number of hydrogen-bond donors (Lipinski definition) is 0. The number of anilines is 2. The van der Waals surface area contributed by atoms with Gasteiger partial charge in [-0.05, 0) is 76.1 Å². The lowest BCUT2D eigenvalue weighted by Crippen LogP contribution is -2.47. The van der Waals surface area contributed by atoms with Crippen LogP contribution in [-0.4, -0.2) is 41.4 Å². The Balaban J connectivity index is 1.45. The second-order valence-corrected chi connectivity index (χ2v) is 12.4. The monoisotopic (exact) mass is 560 g/mol. The number of thiophene rings is 1. The smallest absolute Gasteiger partial charge is 0.261 e. The zero-order valence-corrected chi connectivity index (χ0v) is 24.8. The van der Waals surface area contributed by atoms with Crippen molar-refractivity contribution in [3.8, 4) is 0 Å². The molecule has 2 amide bonds. The van der Waals surface area contributed by atoms with Gasteiger partial charge in [-0.25, -0.2) is 0 Å². The lowest BCUT2D eigenvalue weighted by molar-refractivity contribution is -0.137. The van der Waals surface area contributed by atoms with Gasteiger partial charge < -0.3 is 18.8 Å². The van der Waals surface area contributed by atoms with Gasteiger partial charge in [-0.2, -0.15) is 0 Å². The number of nitrogens with zero attached hydrogens (tertiary/aromatic N) is 4. The van der Waals surface area contributed by atoms with Gasteiger partial charge in [0.05, 0.1) is 23.0 Å². The van der Waals surface area contributed by atoms with Crippen LogP contribution in [0.15, 0.2) is 58.1 Å². The van der Waals surface area contributed by atoms with Crippen molar-refractivity contribution < 1.29 is 14.0 Å². The fourth-order valence-corrected chi connectivity index (χ4v) is 6.49. The number of fused-ring (bicyclic) bond motifs is 2. The molecule has 0 saturated carbocycles. The molecule has 1 aliphatic rings. The summed E-state index contributed by atoms with van der Waals surface area (Å²) < 4.78 is 7.11. The number of aromatic nitrogens is 1. The van der Waals surface area contributed by atoms with Crippen molar-refractivity contribution in [3.63, 3.8) is 0 Å². The fourth-order valence-electron chi connectivity index (χ4n) is 5.40.